The van der Waals surface area contributed by atoms with Gasteiger partial charge in [0.15, 0.2) is 0 Å². The van der Waals surface area contributed by atoms with E-state index in [0.29, 0.717) is 5.92 Å². The predicted molar refractivity (Wildman–Crippen MR) is 73.0 cm³/mol. The van der Waals surface area contributed by atoms with E-state index in [1.54, 1.807) is 0 Å². The van der Waals surface area contributed by atoms with E-state index in [0.717, 1.165) is 18.8 Å². The molecule has 1 N–H and O–H groups in total. The quantitative estimate of drug-likeness (QED) is 0.650. The van der Waals surface area contributed by atoms with Crippen molar-refractivity contribution in [1.82, 2.24) is 0 Å². The van der Waals surface area contributed by atoms with Crippen molar-refractivity contribution in [2.24, 2.45) is 11.8 Å². The van der Waals surface area contributed by atoms with E-state index in [-0.39, 0.29) is 5.60 Å². The van der Waals surface area contributed by atoms with Crippen LogP contribution in [0.15, 0.2) is 0 Å². The molecule has 2 saturated carbocycles. The summed E-state index contributed by atoms with van der Waals surface area (Å²) < 4.78 is 0. The van der Waals surface area contributed by atoms with Crippen molar-refractivity contribution in [3.8, 4) is 0 Å². The van der Waals surface area contributed by atoms with Crippen LogP contribution < -0.4 is 0 Å². The molecule has 1 nitrogen and oxygen atoms in total. The zero-order chi connectivity index (χ0) is 12.1. The van der Waals surface area contributed by atoms with Gasteiger partial charge in [-0.2, -0.15) is 0 Å². The van der Waals surface area contributed by atoms with Crippen LogP contribution in [0.2, 0.25) is 0 Å². The summed E-state index contributed by atoms with van der Waals surface area (Å²) in [6.07, 6.45) is 15.6. The highest BCUT2D eigenvalue weighted by Crippen LogP contribution is 2.43. The van der Waals surface area contributed by atoms with Gasteiger partial charge in [-0.3, -0.25) is 0 Å². The molecule has 0 spiro atoms. The predicted octanol–water partition coefficient (Wildman–Crippen LogP) is 4.68. The summed E-state index contributed by atoms with van der Waals surface area (Å²) in [4.78, 5) is 0. The fourth-order valence-corrected chi connectivity index (χ4v) is 4.05. The molecule has 0 aliphatic heterocycles. The lowest BCUT2D eigenvalue weighted by Gasteiger charge is -2.43. The molecule has 17 heavy (non-hydrogen) atoms. The molecule has 2 aliphatic rings. The molecule has 100 valence electrons. The number of hydrogen-bond donors (Lipinski definition) is 1. The molecular weight excluding hydrogens is 208 g/mol. The van der Waals surface area contributed by atoms with Crippen LogP contribution in [0.25, 0.3) is 0 Å². The van der Waals surface area contributed by atoms with Gasteiger partial charge in [-0.25, -0.2) is 0 Å². The number of aliphatic hydroxyl groups is 1. The first-order valence-corrected chi connectivity index (χ1v) is 7.93. The Labute approximate surface area is 107 Å². The Morgan fingerprint density at radius 1 is 0.824 bits per heavy atom. The van der Waals surface area contributed by atoms with E-state index in [4.69, 9.17) is 0 Å². The Morgan fingerprint density at radius 3 is 2.24 bits per heavy atom. The van der Waals surface area contributed by atoms with Crippen LogP contribution in [0.1, 0.15) is 84.0 Å². The van der Waals surface area contributed by atoms with Crippen LogP contribution in [0, 0.1) is 11.8 Å². The minimum atomic E-state index is -0.304. The smallest absolute Gasteiger partial charge is 0.0678 e. The fourth-order valence-electron chi connectivity index (χ4n) is 4.05. The van der Waals surface area contributed by atoms with Crippen molar-refractivity contribution in [2.75, 3.05) is 0 Å². The van der Waals surface area contributed by atoms with E-state index >= 15 is 0 Å². The van der Waals surface area contributed by atoms with Crippen molar-refractivity contribution in [2.45, 2.75) is 89.6 Å². The maximum absolute atomic E-state index is 11.0. The summed E-state index contributed by atoms with van der Waals surface area (Å²) in [7, 11) is 0. The third-order valence-electron chi connectivity index (χ3n) is 5.13. The van der Waals surface area contributed by atoms with Gasteiger partial charge in [-0.1, -0.05) is 58.3 Å². The molecule has 0 bridgehead atoms. The van der Waals surface area contributed by atoms with Gasteiger partial charge in [0.1, 0.15) is 0 Å². The summed E-state index contributed by atoms with van der Waals surface area (Å²) in [5.74, 6) is 1.35. The van der Waals surface area contributed by atoms with Crippen LogP contribution in [0.3, 0.4) is 0 Å². The monoisotopic (exact) mass is 238 g/mol. The third-order valence-corrected chi connectivity index (χ3v) is 5.13. The van der Waals surface area contributed by atoms with Crippen LogP contribution in [0.4, 0.5) is 0 Å². The molecule has 2 rings (SSSR count). The molecule has 0 saturated heterocycles. The Hall–Kier alpha value is -0.0400. The van der Waals surface area contributed by atoms with Crippen molar-refractivity contribution >= 4 is 0 Å². The summed E-state index contributed by atoms with van der Waals surface area (Å²) in [6.45, 7) is 2.32. The Bertz CT molecular complexity index is 226. The molecule has 0 aromatic carbocycles. The van der Waals surface area contributed by atoms with Gasteiger partial charge in [0.2, 0.25) is 0 Å². The van der Waals surface area contributed by atoms with Gasteiger partial charge >= 0.3 is 0 Å². The van der Waals surface area contributed by atoms with Gasteiger partial charge < -0.3 is 5.11 Å². The van der Waals surface area contributed by atoms with Crippen LogP contribution in [-0.4, -0.2) is 10.7 Å². The Balaban J connectivity index is 1.98. The van der Waals surface area contributed by atoms with Gasteiger partial charge in [0, 0.05) is 0 Å². The molecule has 1 heteroatoms. The lowest BCUT2D eigenvalue weighted by molar-refractivity contribution is -0.0743. The van der Waals surface area contributed by atoms with Crippen LogP contribution in [0.5, 0.6) is 0 Å². The molecule has 0 radical (unpaired) electrons. The third kappa shape index (κ3) is 3.71. The molecule has 0 aromatic rings. The Kier molecular flexibility index (Phi) is 4.90. The van der Waals surface area contributed by atoms with Crippen molar-refractivity contribution in [3.05, 3.63) is 0 Å². The molecule has 2 fully saturated rings. The standard InChI is InChI=1S/C16H30O/c1-14-10-11-15-9-7-5-3-2-4-6-8-12-16(15,17)13-14/h14-15,17H,2-13H2,1H3/t14-,15-,16-/m1/s1. The van der Waals surface area contributed by atoms with Crippen LogP contribution >= 0.6 is 0 Å². The van der Waals surface area contributed by atoms with Gasteiger partial charge in [0.05, 0.1) is 5.60 Å². The minimum absolute atomic E-state index is 0.304. The van der Waals surface area contributed by atoms with Crippen molar-refractivity contribution < 1.29 is 5.11 Å². The number of fused-ring (bicyclic) bond motifs is 1. The largest absolute Gasteiger partial charge is 0.390 e. The maximum Gasteiger partial charge on any atom is 0.0678 e. The average molecular weight is 238 g/mol. The zero-order valence-corrected chi connectivity index (χ0v) is 11.6. The van der Waals surface area contributed by atoms with E-state index in [1.807, 2.05) is 0 Å². The van der Waals surface area contributed by atoms with Crippen LogP contribution in [-0.2, 0) is 0 Å². The highest BCUT2D eigenvalue weighted by atomic mass is 16.3. The van der Waals surface area contributed by atoms with Gasteiger partial charge in [-0.15, -0.1) is 0 Å². The summed E-state index contributed by atoms with van der Waals surface area (Å²) >= 11 is 0. The van der Waals surface area contributed by atoms with E-state index in [9.17, 15) is 5.11 Å². The minimum Gasteiger partial charge on any atom is -0.390 e. The SMILES string of the molecule is C[C@@H]1CC[C@H]2CCCCCCCCC[C@@]2(O)C1. The average Bonchev–Trinajstić information content (AvgIpc) is 2.32. The fraction of sp³-hybridized carbons (Fsp3) is 1.00. The lowest BCUT2D eigenvalue weighted by Crippen LogP contribution is -2.43. The van der Waals surface area contributed by atoms with Crippen molar-refractivity contribution in [3.63, 3.8) is 0 Å². The summed E-state index contributed by atoms with van der Waals surface area (Å²) in [6, 6.07) is 0. The van der Waals surface area contributed by atoms with E-state index in [1.165, 1.54) is 64.2 Å². The van der Waals surface area contributed by atoms with Gasteiger partial charge in [-0.05, 0) is 37.5 Å². The summed E-state index contributed by atoms with van der Waals surface area (Å²) in [5, 5.41) is 11.0. The highest BCUT2D eigenvalue weighted by molar-refractivity contribution is 4.92. The van der Waals surface area contributed by atoms with E-state index in [2.05, 4.69) is 6.92 Å². The maximum atomic E-state index is 11.0. The topological polar surface area (TPSA) is 20.2 Å². The summed E-state index contributed by atoms with van der Waals surface area (Å²) in [5.41, 5.74) is -0.304. The zero-order valence-electron chi connectivity index (χ0n) is 11.6. The van der Waals surface area contributed by atoms with E-state index < -0.39 is 0 Å². The van der Waals surface area contributed by atoms with Crippen molar-refractivity contribution in [1.29, 1.82) is 0 Å². The number of hydrogen-bond acceptors (Lipinski definition) is 1. The second kappa shape index (κ2) is 6.22. The molecule has 0 amide bonds. The molecular formula is C16H30O. The first kappa shape index (κ1) is 13.4. The normalized spacial score (nSPS) is 41.3. The lowest BCUT2D eigenvalue weighted by atomic mass is 9.67. The molecule has 0 unspecified atom stereocenters. The first-order valence-electron chi connectivity index (χ1n) is 7.93. The molecule has 2 aliphatic carbocycles. The second-order valence-electron chi connectivity index (χ2n) is 6.70. The second-order valence-corrected chi connectivity index (χ2v) is 6.70. The Morgan fingerprint density at radius 2 is 1.47 bits per heavy atom. The molecule has 0 aromatic heterocycles. The highest BCUT2D eigenvalue weighted by Gasteiger charge is 2.40. The molecule has 0 heterocycles. The van der Waals surface area contributed by atoms with Gasteiger partial charge in [0.25, 0.3) is 0 Å². The first-order chi connectivity index (χ1) is 8.21. The number of rotatable bonds is 0. The molecule has 3 atom stereocenters.